The Morgan fingerprint density at radius 3 is 3.11 bits per heavy atom. The maximum atomic E-state index is 11.3. The first-order valence-electron chi connectivity index (χ1n) is 5.72. The molecule has 0 radical (unpaired) electrons. The molecule has 0 aromatic heterocycles. The van der Waals surface area contributed by atoms with Gasteiger partial charge >= 0.3 is 6.16 Å². The molecule has 0 N–H and O–H groups in total. The van der Waals surface area contributed by atoms with E-state index in [2.05, 4.69) is 10.3 Å². The Labute approximate surface area is 108 Å². The molecule has 1 heterocycles. The van der Waals surface area contributed by atoms with Crippen molar-refractivity contribution in [2.75, 3.05) is 6.61 Å². The Kier molecular flexibility index (Phi) is 3.74. The third-order valence-electron chi connectivity index (χ3n) is 2.53. The van der Waals surface area contributed by atoms with Crippen LogP contribution in [0, 0.1) is 10.1 Å². The zero-order valence-electron chi connectivity index (χ0n) is 10.2. The third kappa shape index (κ3) is 2.87. The molecule has 0 aromatic rings. The van der Waals surface area contributed by atoms with Crippen molar-refractivity contribution in [1.29, 1.82) is 0 Å². The lowest BCUT2D eigenvalue weighted by Crippen LogP contribution is -2.33. The quantitative estimate of drug-likeness (QED) is 0.438. The molecular formula is C10H12N4O5. The molecule has 0 fully saturated rings. The van der Waals surface area contributed by atoms with Crippen LogP contribution in [0.2, 0.25) is 0 Å². The SMILES string of the molecule is CCCOC(=O)ON1N=NC2=CC=C([N+](=O)[O-])CC21. The molecule has 102 valence electrons. The smallest absolute Gasteiger partial charge is 0.433 e. The molecule has 1 aliphatic heterocycles. The average Bonchev–Trinajstić information content (AvgIpc) is 2.78. The highest BCUT2D eigenvalue weighted by Gasteiger charge is 2.37. The van der Waals surface area contributed by atoms with Gasteiger partial charge in [0.1, 0.15) is 6.04 Å². The number of ether oxygens (including phenoxy) is 1. The lowest BCUT2D eigenvalue weighted by molar-refractivity contribution is -0.429. The van der Waals surface area contributed by atoms with Crippen molar-refractivity contribution in [2.45, 2.75) is 25.8 Å². The normalized spacial score (nSPS) is 20.5. The van der Waals surface area contributed by atoms with Gasteiger partial charge in [-0.25, -0.2) is 4.79 Å². The van der Waals surface area contributed by atoms with Gasteiger partial charge in [0.25, 0.3) is 0 Å². The highest BCUT2D eigenvalue weighted by Crippen LogP contribution is 2.30. The molecule has 2 aliphatic rings. The molecule has 1 unspecified atom stereocenters. The van der Waals surface area contributed by atoms with Crippen molar-refractivity contribution in [3.8, 4) is 0 Å². The summed E-state index contributed by atoms with van der Waals surface area (Å²) in [6.07, 6.45) is 2.67. The molecule has 1 aliphatic carbocycles. The van der Waals surface area contributed by atoms with Crippen LogP contribution >= 0.6 is 0 Å². The van der Waals surface area contributed by atoms with Gasteiger partial charge in [-0.3, -0.25) is 15.0 Å². The Hall–Kier alpha value is -2.45. The predicted octanol–water partition coefficient (Wildman–Crippen LogP) is 1.96. The molecule has 0 spiro atoms. The fourth-order valence-corrected chi connectivity index (χ4v) is 1.62. The van der Waals surface area contributed by atoms with Crippen molar-refractivity contribution in [3.63, 3.8) is 0 Å². The summed E-state index contributed by atoms with van der Waals surface area (Å²) in [6.45, 7) is 2.08. The van der Waals surface area contributed by atoms with Crippen LogP contribution in [0.25, 0.3) is 0 Å². The predicted molar refractivity (Wildman–Crippen MR) is 61.0 cm³/mol. The van der Waals surface area contributed by atoms with E-state index in [4.69, 9.17) is 9.57 Å². The van der Waals surface area contributed by atoms with Crippen molar-refractivity contribution < 1.29 is 19.3 Å². The number of rotatable bonds is 4. The van der Waals surface area contributed by atoms with Crippen molar-refractivity contribution in [3.05, 3.63) is 33.7 Å². The monoisotopic (exact) mass is 268 g/mol. The van der Waals surface area contributed by atoms with Crippen LogP contribution in [0.5, 0.6) is 0 Å². The molecule has 19 heavy (non-hydrogen) atoms. The molecule has 9 nitrogen and oxygen atoms in total. The number of nitrogens with zero attached hydrogens (tertiary/aromatic N) is 4. The second kappa shape index (κ2) is 5.46. The maximum absolute atomic E-state index is 11.3. The van der Waals surface area contributed by atoms with E-state index in [1.54, 1.807) is 0 Å². The van der Waals surface area contributed by atoms with Crippen LogP contribution in [0.1, 0.15) is 19.8 Å². The lowest BCUT2D eigenvalue weighted by atomic mass is 10.0. The molecular weight excluding hydrogens is 256 g/mol. The first-order chi connectivity index (χ1) is 9.11. The zero-order chi connectivity index (χ0) is 13.8. The molecule has 0 bridgehead atoms. The standard InChI is InChI=1S/C10H12N4O5/c1-2-5-18-10(15)19-13-9-6-7(14(16)17)3-4-8(9)11-12-13/h3-4,9H,2,5-6H2,1H3. The molecule has 0 amide bonds. The molecule has 0 aromatic carbocycles. The molecule has 0 saturated heterocycles. The zero-order valence-corrected chi connectivity index (χ0v) is 10.2. The molecule has 1 atom stereocenters. The van der Waals surface area contributed by atoms with Crippen molar-refractivity contribution in [2.24, 2.45) is 10.3 Å². The van der Waals surface area contributed by atoms with Crippen LogP contribution < -0.4 is 0 Å². The second-order valence-electron chi connectivity index (χ2n) is 3.91. The van der Waals surface area contributed by atoms with Gasteiger partial charge in [-0.05, 0) is 17.7 Å². The van der Waals surface area contributed by atoms with Gasteiger partial charge < -0.3 is 4.74 Å². The van der Waals surface area contributed by atoms with Crippen molar-refractivity contribution >= 4 is 6.16 Å². The van der Waals surface area contributed by atoms with Crippen LogP contribution in [0.4, 0.5) is 4.79 Å². The van der Waals surface area contributed by atoms with Crippen molar-refractivity contribution in [1.82, 2.24) is 5.17 Å². The summed E-state index contributed by atoms with van der Waals surface area (Å²) in [5, 5.41) is 19.1. The van der Waals surface area contributed by atoms with Gasteiger partial charge in [0.2, 0.25) is 5.70 Å². The van der Waals surface area contributed by atoms with E-state index in [1.807, 2.05) is 6.92 Å². The summed E-state index contributed by atoms with van der Waals surface area (Å²) < 4.78 is 4.73. The Morgan fingerprint density at radius 2 is 2.42 bits per heavy atom. The fourth-order valence-electron chi connectivity index (χ4n) is 1.62. The van der Waals surface area contributed by atoms with E-state index >= 15 is 0 Å². The maximum Gasteiger partial charge on any atom is 0.534 e. The Balaban J connectivity index is 1.98. The summed E-state index contributed by atoms with van der Waals surface area (Å²) in [5.74, 6) is 0. The van der Waals surface area contributed by atoms with Crippen LogP contribution in [-0.2, 0) is 9.57 Å². The number of carbonyl (C=O) groups excluding carboxylic acids is 1. The van der Waals surface area contributed by atoms with Crippen LogP contribution in [0.15, 0.2) is 33.9 Å². The summed E-state index contributed by atoms with van der Waals surface area (Å²) in [6, 6.07) is -0.570. The lowest BCUT2D eigenvalue weighted by Gasteiger charge is -2.20. The van der Waals surface area contributed by atoms with Gasteiger partial charge in [-0.2, -0.15) is 0 Å². The summed E-state index contributed by atoms with van der Waals surface area (Å²) in [4.78, 5) is 26.3. The topological polar surface area (TPSA) is 107 Å². The molecule has 0 saturated carbocycles. The van der Waals surface area contributed by atoms with E-state index < -0.39 is 17.1 Å². The average molecular weight is 268 g/mol. The van der Waals surface area contributed by atoms with Gasteiger partial charge in [-0.1, -0.05) is 12.1 Å². The van der Waals surface area contributed by atoms with E-state index in [9.17, 15) is 14.9 Å². The number of allylic oxidation sites excluding steroid dienone is 2. The second-order valence-corrected chi connectivity index (χ2v) is 3.91. The minimum atomic E-state index is -0.903. The van der Waals surface area contributed by atoms with Gasteiger partial charge in [0, 0.05) is 6.08 Å². The van der Waals surface area contributed by atoms with Gasteiger partial charge in [0.15, 0.2) is 0 Å². The van der Waals surface area contributed by atoms with E-state index in [1.165, 1.54) is 12.2 Å². The number of fused-ring (bicyclic) bond motifs is 1. The minimum absolute atomic E-state index is 0.0107. The summed E-state index contributed by atoms with van der Waals surface area (Å²) >= 11 is 0. The number of hydroxylamine groups is 1. The van der Waals surface area contributed by atoms with Crippen LogP contribution in [-0.4, -0.2) is 28.9 Å². The number of hydrogen-bond donors (Lipinski definition) is 0. The Morgan fingerprint density at radius 1 is 1.63 bits per heavy atom. The molecule has 2 rings (SSSR count). The van der Waals surface area contributed by atoms with E-state index in [0.717, 1.165) is 5.17 Å². The third-order valence-corrected chi connectivity index (χ3v) is 2.53. The van der Waals surface area contributed by atoms with Gasteiger partial charge in [0.05, 0.1) is 23.6 Å². The van der Waals surface area contributed by atoms with Gasteiger partial charge in [-0.15, -0.1) is 5.11 Å². The van der Waals surface area contributed by atoms with E-state index in [0.29, 0.717) is 12.1 Å². The largest absolute Gasteiger partial charge is 0.534 e. The number of carbonyl (C=O) groups is 1. The first kappa shape index (κ1) is 13.0. The molecule has 9 heteroatoms. The number of hydrogen-bond acceptors (Lipinski definition) is 8. The Bertz CT molecular complexity index is 484. The first-order valence-corrected chi connectivity index (χ1v) is 5.72. The fraction of sp³-hybridized carbons (Fsp3) is 0.500. The summed E-state index contributed by atoms with van der Waals surface area (Å²) in [7, 11) is 0. The van der Waals surface area contributed by atoms with E-state index in [-0.39, 0.29) is 18.7 Å². The minimum Gasteiger partial charge on any atom is -0.433 e. The highest BCUT2D eigenvalue weighted by atomic mass is 16.8. The summed E-state index contributed by atoms with van der Waals surface area (Å²) in [5.41, 5.74) is 0.519. The number of nitro groups is 1. The highest BCUT2D eigenvalue weighted by molar-refractivity contribution is 5.59. The van der Waals surface area contributed by atoms with Crippen LogP contribution in [0.3, 0.4) is 0 Å².